The maximum absolute atomic E-state index is 15.1. The maximum Gasteiger partial charge on any atom is 0.416 e. The zero-order chi connectivity index (χ0) is 27.7. The highest BCUT2D eigenvalue weighted by atomic mass is 19.4. The fourth-order valence-corrected chi connectivity index (χ4v) is 4.82. The van der Waals surface area contributed by atoms with Crippen LogP contribution in [0.4, 0.5) is 26.3 Å². The molecule has 0 spiro atoms. The quantitative estimate of drug-likeness (QED) is 0.280. The van der Waals surface area contributed by atoms with E-state index < -0.39 is 35.6 Å². The van der Waals surface area contributed by atoms with Gasteiger partial charge in [0.25, 0.3) is 5.92 Å². The lowest BCUT2D eigenvalue weighted by molar-refractivity contribution is -0.137. The van der Waals surface area contributed by atoms with Crippen LogP contribution in [0.25, 0.3) is 22.4 Å². The van der Waals surface area contributed by atoms with Gasteiger partial charge in [-0.25, -0.2) is 33.1 Å². The number of alkyl halides is 5. The molecule has 2 aliphatic rings. The van der Waals surface area contributed by atoms with E-state index in [0.717, 1.165) is 12.1 Å². The Morgan fingerprint density at radius 2 is 1.79 bits per heavy atom. The topological polar surface area (TPSA) is 78.6 Å². The van der Waals surface area contributed by atoms with Crippen LogP contribution in [-0.2, 0) is 10.9 Å². The lowest BCUT2D eigenvalue weighted by Gasteiger charge is -2.28. The number of fused-ring (bicyclic) bond motifs is 1. The van der Waals surface area contributed by atoms with E-state index in [1.54, 1.807) is 20.0 Å². The average molecular weight is 548 g/mol. The highest BCUT2D eigenvalue weighted by Crippen LogP contribution is 2.52. The smallest absolute Gasteiger partial charge is 0.373 e. The summed E-state index contributed by atoms with van der Waals surface area (Å²) < 4.78 is 88.6. The van der Waals surface area contributed by atoms with Crippen LogP contribution in [0.2, 0.25) is 0 Å². The molecule has 13 heteroatoms. The van der Waals surface area contributed by atoms with Crippen molar-refractivity contribution >= 4 is 11.2 Å². The number of benzene rings is 1. The van der Waals surface area contributed by atoms with Gasteiger partial charge in [-0.3, -0.25) is 4.68 Å². The van der Waals surface area contributed by atoms with Crippen LogP contribution >= 0.6 is 0 Å². The molecule has 1 saturated heterocycles. The molecular weight excluding hydrogens is 526 g/mol. The zero-order valence-electron chi connectivity index (χ0n) is 20.8. The van der Waals surface area contributed by atoms with Gasteiger partial charge in [-0.05, 0) is 44.9 Å². The zero-order valence-corrected chi connectivity index (χ0v) is 20.8. The molecule has 4 heterocycles. The third-order valence-electron chi connectivity index (χ3n) is 7.27. The summed E-state index contributed by atoms with van der Waals surface area (Å²) in [5.41, 5.74) is 0.950. The Labute approximate surface area is 218 Å². The molecule has 0 amide bonds. The number of rotatable bonds is 4. The van der Waals surface area contributed by atoms with E-state index in [4.69, 9.17) is 4.74 Å². The first-order valence-electron chi connectivity index (χ1n) is 12.3. The molecule has 1 aliphatic carbocycles. The van der Waals surface area contributed by atoms with Crippen molar-refractivity contribution in [3.63, 3.8) is 0 Å². The third kappa shape index (κ3) is 4.72. The second-order valence-corrected chi connectivity index (χ2v) is 10.0. The van der Waals surface area contributed by atoms with Gasteiger partial charge in [0.15, 0.2) is 5.65 Å². The van der Waals surface area contributed by atoms with Crippen LogP contribution < -0.4 is 0 Å². The number of hydrogen-bond acceptors (Lipinski definition) is 6. The van der Waals surface area contributed by atoms with Crippen molar-refractivity contribution in [1.82, 2.24) is 29.7 Å². The molecular formula is C26H22F6N6O. The molecule has 204 valence electrons. The Morgan fingerprint density at radius 1 is 1.05 bits per heavy atom. The molecule has 0 N–H and O–H groups in total. The Balaban J connectivity index is 1.38. The number of nitrogens with zero attached hydrogens (tertiary/aromatic N) is 6. The molecule has 2 fully saturated rings. The second kappa shape index (κ2) is 8.97. The van der Waals surface area contributed by atoms with E-state index in [9.17, 15) is 22.0 Å². The Morgan fingerprint density at radius 3 is 2.49 bits per heavy atom. The van der Waals surface area contributed by atoms with Crippen molar-refractivity contribution in [2.24, 2.45) is 0 Å². The summed E-state index contributed by atoms with van der Waals surface area (Å²) in [6.45, 7) is 3.78. The van der Waals surface area contributed by atoms with Crippen LogP contribution in [0.1, 0.15) is 65.7 Å². The van der Waals surface area contributed by atoms with Gasteiger partial charge in [0.1, 0.15) is 28.9 Å². The number of aromatic nitrogens is 6. The van der Waals surface area contributed by atoms with E-state index in [1.807, 2.05) is 0 Å². The van der Waals surface area contributed by atoms with Crippen LogP contribution in [0, 0.1) is 19.7 Å². The molecule has 3 atom stereocenters. The molecule has 1 saturated carbocycles. The predicted octanol–water partition coefficient (Wildman–Crippen LogP) is 6.27. The van der Waals surface area contributed by atoms with Gasteiger partial charge in [0.2, 0.25) is 0 Å². The summed E-state index contributed by atoms with van der Waals surface area (Å²) in [6, 6.07) is 1.31. The first-order chi connectivity index (χ1) is 18.4. The first kappa shape index (κ1) is 25.7. The van der Waals surface area contributed by atoms with Crippen molar-refractivity contribution in [2.75, 3.05) is 6.61 Å². The molecule has 39 heavy (non-hydrogen) atoms. The maximum atomic E-state index is 15.1. The molecule has 6 rings (SSSR count). The number of aryl methyl sites for hydroxylation is 2. The minimum Gasteiger partial charge on any atom is -0.373 e. The summed E-state index contributed by atoms with van der Waals surface area (Å²) in [4.78, 5) is 18.2. The lowest BCUT2D eigenvalue weighted by Crippen LogP contribution is -2.20. The van der Waals surface area contributed by atoms with Gasteiger partial charge in [-0.1, -0.05) is 0 Å². The lowest BCUT2D eigenvalue weighted by atomic mass is 9.92. The summed E-state index contributed by atoms with van der Waals surface area (Å²) in [6.07, 6.45) is -1.44. The Hall–Kier alpha value is -3.61. The first-order valence-corrected chi connectivity index (χ1v) is 12.3. The van der Waals surface area contributed by atoms with Crippen LogP contribution in [0.3, 0.4) is 0 Å². The molecule has 1 aromatic carbocycles. The summed E-state index contributed by atoms with van der Waals surface area (Å²) in [5.74, 6) is -3.81. The fraction of sp³-hybridized carbons (Fsp3) is 0.423. The number of halogens is 6. The molecule has 0 radical (unpaired) electrons. The average Bonchev–Trinajstić information content (AvgIpc) is 3.28. The van der Waals surface area contributed by atoms with E-state index >= 15 is 4.39 Å². The fourth-order valence-electron chi connectivity index (χ4n) is 4.82. The van der Waals surface area contributed by atoms with Crippen LogP contribution in [-0.4, -0.2) is 42.2 Å². The monoisotopic (exact) mass is 548 g/mol. The molecule has 3 aromatic heterocycles. The van der Waals surface area contributed by atoms with Gasteiger partial charge < -0.3 is 4.74 Å². The van der Waals surface area contributed by atoms with Crippen molar-refractivity contribution in [3.05, 3.63) is 64.7 Å². The summed E-state index contributed by atoms with van der Waals surface area (Å²) >= 11 is 0. The van der Waals surface area contributed by atoms with E-state index in [0.29, 0.717) is 48.3 Å². The number of hydrogen-bond donors (Lipinski definition) is 0. The van der Waals surface area contributed by atoms with Crippen LogP contribution in [0.5, 0.6) is 0 Å². The van der Waals surface area contributed by atoms with Gasteiger partial charge in [-0.2, -0.15) is 18.3 Å². The van der Waals surface area contributed by atoms with Crippen molar-refractivity contribution in [1.29, 1.82) is 0 Å². The summed E-state index contributed by atoms with van der Waals surface area (Å²) in [7, 11) is 0. The Kier molecular flexibility index (Phi) is 5.90. The minimum atomic E-state index is -4.70. The predicted molar refractivity (Wildman–Crippen MR) is 126 cm³/mol. The minimum absolute atomic E-state index is 0.0450. The molecule has 0 unspecified atom stereocenters. The van der Waals surface area contributed by atoms with E-state index in [-0.39, 0.29) is 34.8 Å². The molecule has 1 aliphatic heterocycles. The number of ether oxygens (including phenoxy) is 1. The van der Waals surface area contributed by atoms with E-state index in [2.05, 4.69) is 25.0 Å². The van der Waals surface area contributed by atoms with Gasteiger partial charge >= 0.3 is 6.18 Å². The summed E-state index contributed by atoms with van der Waals surface area (Å²) in [5, 5.41) is 4.08. The second-order valence-electron chi connectivity index (χ2n) is 10.0. The molecule has 4 aromatic rings. The van der Waals surface area contributed by atoms with Crippen molar-refractivity contribution < 1.29 is 31.1 Å². The van der Waals surface area contributed by atoms with Gasteiger partial charge in [0.05, 0.1) is 29.3 Å². The third-order valence-corrected chi connectivity index (χ3v) is 7.27. The standard InChI is InChI=1S/C26H22F6N6O/c1-12-13(2)35-24-22(34-12)21(17-4-3-16(8-18(17)27)26(30,31)32)36-23(37-24)14-5-6-39-19(7-14)15-10-33-38(11-15)20-9-25(20,28)29/h3-4,8,10-11,14,19-20H,5-7,9H2,1-2H3/t14-,19-,20+/m1/s1. The molecule has 7 nitrogen and oxygen atoms in total. The highest BCUT2D eigenvalue weighted by molar-refractivity contribution is 5.87. The van der Waals surface area contributed by atoms with Crippen LogP contribution in [0.15, 0.2) is 30.6 Å². The van der Waals surface area contributed by atoms with E-state index in [1.165, 1.54) is 10.9 Å². The Bertz CT molecular complexity index is 1590. The van der Waals surface area contributed by atoms with Gasteiger partial charge in [-0.15, -0.1) is 0 Å². The SMILES string of the molecule is Cc1nc2nc([C@@H]3CCO[C@@H](c4cnn([C@H]5CC5(F)F)c4)C3)nc(-c3ccc(C(F)(F)F)cc3F)c2nc1C. The van der Waals surface area contributed by atoms with Gasteiger partial charge in [0, 0.05) is 36.3 Å². The largest absolute Gasteiger partial charge is 0.416 e. The molecule has 0 bridgehead atoms. The van der Waals surface area contributed by atoms with Crippen molar-refractivity contribution in [2.45, 2.75) is 63.3 Å². The highest BCUT2D eigenvalue weighted by Gasteiger charge is 2.59. The van der Waals surface area contributed by atoms with Crippen molar-refractivity contribution in [3.8, 4) is 11.3 Å². The normalized spacial score (nSPS) is 22.8.